The van der Waals surface area contributed by atoms with E-state index < -0.39 is 5.91 Å². The molecule has 1 aliphatic heterocycles. The number of benzene rings is 1. The summed E-state index contributed by atoms with van der Waals surface area (Å²) < 4.78 is 11.0. The SMILES string of the molecule is CCOCCO/C(C(=O)Nc1cccc(Cl)c1)=C(/C=N)N1CCNCC1. The number of ether oxygens (including phenoxy) is 2. The van der Waals surface area contributed by atoms with Gasteiger partial charge in [-0.15, -0.1) is 0 Å². The third kappa shape index (κ3) is 6.01. The first-order chi connectivity index (χ1) is 12.7. The van der Waals surface area contributed by atoms with Gasteiger partial charge in [0.1, 0.15) is 12.3 Å². The number of piperazine rings is 1. The van der Waals surface area contributed by atoms with Crippen LogP contribution in [-0.2, 0) is 14.3 Å². The molecular weight excluding hydrogens is 356 g/mol. The molecular formula is C18H25ClN4O3. The third-order valence-corrected chi connectivity index (χ3v) is 4.03. The molecule has 1 fully saturated rings. The van der Waals surface area contributed by atoms with Crippen LogP contribution in [-0.4, -0.2) is 63.0 Å². The van der Waals surface area contributed by atoms with Gasteiger partial charge >= 0.3 is 0 Å². The van der Waals surface area contributed by atoms with Gasteiger partial charge < -0.3 is 30.4 Å². The number of nitrogens with zero attached hydrogens (tertiary/aromatic N) is 1. The van der Waals surface area contributed by atoms with Gasteiger partial charge in [-0.1, -0.05) is 17.7 Å². The van der Waals surface area contributed by atoms with Gasteiger partial charge in [0.15, 0.2) is 0 Å². The van der Waals surface area contributed by atoms with E-state index in [1.807, 2.05) is 11.8 Å². The van der Waals surface area contributed by atoms with Crippen LogP contribution >= 0.6 is 11.6 Å². The van der Waals surface area contributed by atoms with Crippen molar-refractivity contribution in [3.63, 3.8) is 0 Å². The summed E-state index contributed by atoms with van der Waals surface area (Å²) in [4.78, 5) is 14.8. The van der Waals surface area contributed by atoms with E-state index in [0.29, 0.717) is 42.7 Å². The minimum absolute atomic E-state index is 0.113. The van der Waals surface area contributed by atoms with Gasteiger partial charge in [-0.2, -0.15) is 0 Å². The van der Waals surface area contributed by atoms with Crippen molar-refractivity contribution in [2.24, 2.45) is 0 Å². The van der Waals surface area contributed by atoms with E-state index in [4.69, 9.17) is 26.5 Å². The van der Waals surface area contributed by atoms with Crippen molar-refractivity contribution in [2.45, 2.75) is 6.92 Å². The second-order valence-corrected chi connectivity index (χ2v) is 6.04. The highest BCUT2D eigenvalue weighted by atomic mass is 35.5. The number of halogens is 1. The van der Waals surface area contributed by atoms with Gasteiger partial charge in [0.2, 0.25) is 5.76 Å². The summed E-state index contributed by atoms with van der Waals surface area (Å²) in [6, 6.07) is 6.89. The maximum atomic E-state index is 12.8. The van der Waals surface area contributed by atoms with E-state index in [1.54, 1.807) is 24.3 Å². The van der Waals surface area contributed by atoms with Crippen LogP contribution < -0.4 is 10.6 Å². The zero-order valence-corrected chi connectivity index (χ0v) is 15.6. The number of allylic oxidation sites excluding steroid dienone is 1. The number of carbonyl (C=O) groups excluding carboxylic acids is 1. The van der Waals surface area contributed by atoms with E-state index in [0.717, 1.165) is 13.1 Å². The van der Waals surface area contributed by atoms with Crippen LogP contribution in [0.1, 0.15) is 6.92 Å². The average molecular weight is 381 g/mol. The summed E-state index contributed by atoms with van der Waals surface area (Å²) in [7, 11) is 0. The Hall–Kier alpha value is -2.09. The number of hydrogen-bond acceptors (Lipinski definition) is 6. The van der Waals surface area contributed by atoms with Gasteiger partial charge in [-0.05, 0) is 25.1 Å². The summed E-state index contributed by atoms with van der Waals surface area (Å²) >= 11 is 5.98. The Morgan fingerprint density at radius 1 is 1.38 bits per heavy atom. The summed E-state index contributed by atoms with van der Waals surface area (Å²) in [6.07, 6.45) is 1.17. The highest BCUT2D eigenvalue weighted by Crippen LogP contribution is 2.18. The van der Waals surface area contributed by atoms with Crippen LogP contribution in [0.3, 0.4) is 0 Å². The summed E-state index contributed by atoms with van der Waals surface area (Å²) in [6.45, 7) is 6.06. The normalized spacial score (nSPS) is 15.2. The molecule has 1 aromatic carbocycles. The quantitative estimate of drug-likeness (QED) is 0.264. The fourth-order valence-electron chi connectivity index (χ4n) is 2.56. The fourth-order valence-corrected chi connectivity index (χ4v) is 2.75. The number of rotatable bonds is 9. The van der Waals surface area contributed by atoms with Crippen molar-refractivity contribution in [2.75, 3.05) is 51.3 Å². The summed E-state index contributed by atoms with van der Waals surface area (Å²) in [5.74, 6) is -0.303. The molecule has 8 heteroatoms. The van der Waals surface area contributed by atoms with Crippen LogP contribution in [0, 0.1) is 5.41 Å². The van der Waals surface area contributed by atoms with E-state index in [9.17, 15) is 4.79 Å². The van der Waals surface area contributed by atoms with Gasteiger partial charge in [-0.3, -0.25) is 4.79 Å². The van der Waals surface area contributed by atoms with Crippen molar-refractivity contribution in [3.05, 3.63) is 40.7 Å². The molecule has 1 aromatic rings. The second kappa shape index (κ2) is 10.8. The lowest BCUT2D eigenvalue weighted by atomic mass is 10.2. The Labute approximate surface area is 158 Å². The zero-order valence-electron chi connectivity index (χ0n) is 14.9. The molecule has 1 heterocycles. The van der Waals surface area contributed by atoms with Gasteiger partial charge in [0.25, 0.3) is 5.91 Å². The van der Waals surface area contributed by atoms with Crippen LogP contribution in [0.15, 0.2) is 35.7 Å². The first-order valence-corrected chi connectivity index (χ1v) is 9.01. The molecule has 0 aromatic heterocycles. The highest BCUT2D eigenvalue weighted by molar-refractivity contribution is 6.30. The molecule has 0 unspecified atom stereocenters. The topological polar surface area (TPSA) is 86.7 Å². The standard InChI is InChI=1S/C18H25ClN4O3/c1-2-25-10-11-26-17(16(13-20)23-8-6-21-7-9-23)18(24)22-15-5-3-4-14(19)12-15/h3-5,12-13,20-21H,2,6-11H2,1H3,(H,22,24)/b17-16-,20-13?. The maximum absolute atomic E-state index is 12.8. The van der Waals surface area contributed by atoms with Crippen molar-refractivity contribution in [1.82, 2.24) is 10.2 Å². The Kier molecular flexibility index (Phi) is 8.40. The lowest BCUT2D eigenvalue weighted by Gasteiger charge is -2.31. The zero-order chi connectivity index (χ0) is 18.8. The molecule has 0 saturated carbocycles. The van der Waals surface area contributed by atoms with Gasteiger partial charge in [0.05, 0.1) is 6.61 Å². The Balaban J connectivity index is 2.21. The summed E-state index contributed by atoms with van der Waals surface area (Å²) in [5.41, 5.74) is 1.03. The van der Waals surface area contributed by atoms with Crippen LogP contribution in [0.25, 0.3) is 0 Å². The fraction of sp³-hybridized carbons (Fsp3) is 0.444. The Bertz CT molecular complexity index is 645. The number of nitrogens with one attached hydrogen (secondary N) is 3. The first-order valence-electron chi connectivity index (χ1n) is 8.63. The minimum atomic E-state index is -0.416. The average Bonchev–Trinajstić information content (AvgIpc) is 2.65. The predicted molar refractivity (Wildman–Crippen MR) is 103 cm³/mol. The molecule has 0 atom stereocenters. The van der Waals surface area contributed by atoms with Crippen molar-refractivity contribution in [3.8, 4) is 0 Å². The van der Waals surface area contributed by atoms with E-state index in [-0.39, 0.29) is 12.4 Å². The molecule has 2 rings (SSSR count). The Morgan fingerprint density at radius 3 is 2.81 bits per heavy atom. The molecule has 1 amide bonds. The Morgan fingerprint density at radius 2 is 2.15 bits per heavy atom. The van der Waals surface area contributed by atoms with E-state index >= 15 is 0 Å². The molecule has 3 N–H and O–H groups in total. The first kappa shape index (κ1) is 20.2. The molecule has 0 radical (unpaired) electrons. The molecule has 0 aliphatic carbocycles. The monoisotopic (exact) mass is 380 g/mol. The molecule has 0 spiro atoms. The van der Waals surface area contributed by atoms with Crippen LogP contribution in [0.2, 0.25) is 5.02 Å². The molecule has 142 valence electrons. The smallest absolute Gasteiger partial charge is 0.293 e. The summed E-state index contributed by atoms with van der Waals surface area (Å²) in [5, 5.41) is 14.4. The highest BCUT2D eigenvalue weighted by Gasteiger charge is 2.22. The van der Waals surface area contributed by atoms with Crippen molar-refractivity contribution < 1.29 is 14.3 Å². The third-order valence-electron chi connectivity index (χ3n) is 3.79. The van der Waals surface area contributed by atoms with Crippen LogP contribution in [0.4, 0.5) is 5.69 Å². The van der Waals surface area contributed by atoms with Crippen molar-refractivity contribution >= 4 is 29.4 Å². The number of anilines is 1. The molecule has 1 saturated heterocycles. The second-order valence-electron chi connectivity index (χ2n) is 5.61. The maximum Gasteiger partial charge on any atom is 0.293 e. The van der Waals surface area contributed by atoms with Gasteiger partial charge in [0, 0.05) is 49.7 Å². The lowest BCUT2D eigenvalue weighted by molar-refractivity contribution is -0.116. The number of amides is 1. The molecule has 0 bridgehead atoms. The number of carbonyl (C=O) groups is 1. The predicted octanol–water partition coefficient (Wildman–Crippen LogP) is 2.10. The lowest BCUT2D eigenvalue weighted by Crippen LogP contribution is -2.44. The van der Waals surface area contributed by atoms with Crippen LogP contribution in [0.5, 0.6) is 0 Å². The van der Waals surface area contributed by atoms with Crippen molar-refractivity contribution in [1.29, 1.82) is 5.41 Å². The molecule has 26 heavy (non-hydrogen) atoms. The van der Waals surface area contributed by atoms with E-state index in [1.165, 1.54) is 6.21 Å². The van der Waals surface area contributed by atoms with E-state index in [2.05, 4.69) is 10.6 Å². The molecule has 7 nitrogen and oxygen atoms in total. The molecule has 1 aliphatic rings. The van der Waals surface area contributed by atoms with Gasteiger partial charge in [-0.25, -0.2) is 0 Å². The largest absolute Gasteiger partial charge is 0.484 e. The minimum Gasteiger partial charge on any atom is -0.484 e. The number of hydrogen-bond donors (Lipinski definition) is 3.